The molecule has 0 aliphatic carbocycles. The molecule has 142 heavy (non-hydrogen) atoms. The van der Waals surface area contributed by atoms with Crippen molar-refractivity contribution in [3.8, 4) is 34.5 Å². The topological polar surface area (TPSA) is 503 Å². The van der Waals surface area contributed by atoms with Crippen molar-refractivity contribution in [2.24, 2.45) is 10.2 Å². The van der Waals surface area contributed by atoms with Crippen molar-refractivity contribution in [2.75, 3.05) is 91.9 Å². The van der Waals surface area contributed by atoms with Crippen molar-refractivity contribution in [1.82, 2.24) is 19.9 Å². The molecule has 4 aromatic heterocycles. The van der Waals surface area contributed by atoms with Crippen LogP contribution in [-0.4, -0.2) is 207 Å². The number of azide groups is 2. The summed E-state index contributed by atoms with van der Waals surface area (Å²) >= 11 is 59.9. The first-order valence-electron chi connectivity index (χ1n) is 41.9. The van der Waals surface area contributed by atoms with E-state index in [1.807, 2.05) is 13.8 Å². The molecule has 0 bridgehead atoms. The number of methoxy groups -OCH3 is 3. The average Bonchev–Trinajstić information content (AvgIpc) is 1.67. The van der Waals surface area contributed by atoms with Gasteiger partial charge in [-0.25, -0.2) is 24.0 Å². The number of halogens is 12. The molecule has 0 unspecified atom stereocenters. The number of rotatable bonds is 36. The number of aromatic nitrogens is 4. The summed E-state index contributed by atoms with van der Waals surface area (Å²) in [4.78, 5) is 128. The van der Waals surface area contributed by atoms with Crippen molar-refractivity contribution in [3.05, 3.63) is 200 Å². The van der Waals surface area contributed by atoms with Crippen LogP contribution in [0.2, 0.25) is 48.3 Å². The Morgan fingerprint density at radius 2 is 0.859 bits per heavy atom. The van der Waals surface area contributed by atoms with Crippen molar-refractivity contribution >= 4 is 281 Å². The van der Waals surface area contributed by atoms with Gasteiger partial charge in [-0.2, -0.15) is 0 Å². The number of carbonyl (C=O) groups excluding carboxylic acids is 9. The normalized spacial score (nSPS) is 10.1. The number of carbonyl (C=O) groups is 10. The van der Waals surface area contributed by atoms with E-state index in [1.54, 1.807) is 139 Å². The van der Waals surface area contributed by atoms with Gasteiger partial charge in [0.15, 0.2) is 19.9 Å². The zero-order valence-electron chi connectivity index (χ0n) is 80.3. The summed E-state index contributed by atoms with van der Waals surface area (Å²) in [5.74, 6) is -0.718. The van der Waals surface area contributed by atoms with Crippen molar-refractivity contribution in [2.45, 2.75) is 146 Å². The number of carboxylic acid groups (broad SMARTS) is 1. The molecule has 0 saturated carbocycles. The minimum absolute atomic E-state index is 0. The van der Waals surface area contributed by atoms with Gasteiger partial charge in [0.25, 0.3) is 0 Å². The number of aldehydes is 1. The van der Waals surface area contributed by atoms with Gasteiger partial charge in [-0.05, 0) is 174 Å². The molecule has 0 spiro atoms. The zero-order chi connectivity index (χ0) is 104. The number of carboxylic acids is 1. The van der Waals surface area contributed by atoms with Crippen LogP contribution in [-0.2, 0) is 52.1 Å². The van der Waals surface area contributed by atoms with Crippen LogP contribution in [0.15, 0.2) is 125 Å². The summed E-state index contributed by atoms with van der Waals surface area (Å²) in [6.07, 6.45) is 8.08. The van der Waals surface area contributed by atoms with Gasteiger partial charge in [-0.3, -0.25) is 24.0 Å². The van der Waals surface area contributed by atoms with Gasteiger partial charge in [-0.1, -0.05) is 141 Å². The summed E-state index contributed by atoms with van der Waals surface area (Å²) in [6, 6.07) is 29.5. The zero-order valence-corrected chi connectivity index (χ0v) is 92.8. The van der Waals surface area contributed by atoms with Gasteiger partial charge in [0.05, 0.1) is 95.7 Å². The average molecular weight is 2360 g/mol. The molecule has 7 N–H and O–H groups in total. The number of nitrogens with one attached hydrogen (secondary N) is 4. The number of ether oxygens (including phenoxy) is 10. The van der Waals surface area contributed by atoms with E-state index < -0.39 is 38.2 Å². The fraction of sp³-hybridized carbons (Fsp3) is 0.391. The fourth-order valence-corrected chi connectivity index (χ4v) is 13.1. The Kier molecular flexibility index (Phi) is 75.2. The molecule has 10 aromatic rings. The van der Waals surface area contributed by atoms with Crippen LogP contribution in [0.3, 0.4) is 0 Å². The number of esters is 5. The van der Waals surface area contributed by atoms with Crippen LogP contribution in [0.5, 0.6) is 34.5 Å². The van der Waals surface area contributed by atoms with Gasteiger partial charge in [0, 0.05) is 119 Å². The van der Waals surface area contributed by atoms with Crippen molar-refractivity contribution in [3.63, 3.8) is 0 Å². The summed E-state index contributed by atoms with van der Waals surface area (Å²) in [6.45, 7) is 25.6. The minimum atomic E-state index is -1.63. The number of nitrogens with zero attached hydrogens (tertiary/aromatic N) is 6. The Balaban J connectivity index is -0.000000505. The summed E-state index contributed by atoms with van der Waals surface area (Å²) in [7, 11) is 2.94. The van der Waals surface area contributed by atoms with E-state index in [0.717, 1.165) is 60.1 Å². The number of benzene rings is 6. The number of phenolic OH excluding ortho intramolecular Hbond substituents is 1. The van der Waals surface area contributed by atoms with Crippen LogP contribution in [0.4, 0.5) is 0 Å². The molecule has 0 fully saturated rings. The first kappa shape index (κ1) is 139. The molecular formula is C92H116B2Br3Cl9LiN10O24Si. The molecule has 0 aliphatic heterocycles. The van der Waals surface area contributed by atoms with E-state index in [2.05, 4.69) is 126 Å². The van der Waals surface area contributed by atoms with Crippen molar-refractivity contribution in [1.29, 1.82) is 0 Å². The fourth-order valence-electron chi connectivity index (χ4n) is 10.4. The smallest absolute Gasteiger partial charge is 0.870 e. The molecule has 50 heteroatoms. The molecule has 0 aliphatic rings. The summed E-state index contributed by atoms with van der Waals surface area (Å²) < 4.78 is 56.1. The molecule has 4 heterocycles. The Morgan fingerprint density at radius 3 is 1.21 bits per heavy atom. The Labute approximate surface area is 911 Å². The van der Waals surface area contributed by atoms with Gasteiger partial charge >= 0.3 is 57.9 Å². The third-order valence-electron chi connectivity index (χ3n) is 18.1. The molecule has 0 atom stereocenters. The quantitative estimate of drug-likeness (QED) is 0.00203. The van der Waals surface area contributed by atoms with E-state index in [0.29, 0.717) is 156 Å². The Morgan fingerprint density at radius 1 is 0.507 bits per heavy atom. The number of ketones is 3. The maximum Gasteiger partial charge on any atom is 1.00 e. The van der Waals surface area contributed by atoms with E-state index in [1.165, 1.54) is 32.4 Å². The molecule has 6 aromatic carbocycles. The number of phenols is 1. The third-order valence-corrected chi connectivity index (χ3v) is 24.7. The number of unbranched alkanes of at least 4 members (excludes halogenated alkanes) is 2. The van der Waals surface area contributed by atoms with Gasteiger partial charge < -0.3 is 87.4 Å². The van der Waals surface area contributed by atoms with Crippen molar-refractivity contribution < 1.29 is 136 Å². The van der Waals surface area contributed by atoms with Gasteiger partial charge in [0.2, 0.25) is 0 Å². The molecule has 34 nitrogen and oxygen atoms in total. The summed E-state index contributed by atoms with van der Waals surface area (Å²) in [5, 5.41) is 30.5. The second-order valence-corrected chi connectivity index (χ2v) is 43.8. The number of alkyl halides is 3. The van der Waals surface area contributed by atoms with E-state index in [-0.39, 0.29) is 133 Å². The largest absolute Gasteiger partial charge is 1.00 e. The van der Waals surface area contributed by atoms with E-state index >= 15 is 0 Å². The summed E-state index contributed by atoms with van der Waals surface area (Å²) in [5.41, 5.74) is 21.1. The minimum Gasteiger partial charge on any atom is -0.870 e. The first-order valence-corrected chi connectivity index (χ1v) is 51.5. The van der Waals surface area contributed by atoms with Gasteiger partial charge in [-0.15, -0.1) is 82.1 Å². The third kappa shape index (κ3) is 53.2. The number of H-pyrrole nitrogens is 4. The Hall–Kier alpha value is -8.95. The predicted octanol–water partition coefficient (Wildman–Crippen LogP) is 24.6. The van der Waals surface area contributed by atoms with Crippen LogP contribution in [0, 0.1) is 0 Å². The second kappa shape index (κ2) is 76.6. The molecule has 3 radical (unpaired) electrons. The predicted molar refractivity (Wildman–Crippen MR) is 576 cm³/mol. The number of Topliss-reactive ketones (excluding diaryl/α,β-unsaturated/α-hetero) is 3. The van der Waals surface area contributed by atoms with E-state index in [9.17, 15) is 53.1 Å². The van der Waals surface area contributed by atoms with Crippen LogP contribution in [0.25, 0.3) is 70.6 Å². The van der Waals surface area contributed by atoms with Crippen LogP contribution >= 0.6 is 152 Å². The maximum absolute atomic E-state index is 11.7. The number of hydrogen-bond donors (Lipinski definition) is 6. The van der Waals surface area contributed by atoms with Crippen LogP contribution in [0.1, 0.15) is 187 Å². The number of aromatic carboxylic acids is 1. The standard InChI is InChI=1S/C17H20ClNO4.C15H16ClNO4.C12H12ClN3O3.C12H12ClNO3.C11H10ClNO3.C11H23ClO2Si.C8H7ClO2.C4H7N3O2.CH2Cl2.CH4.BBr3.B.Li.H2O.H2/c1-3-5-6-12(20)10-23-16-9-14-11(7-13(16)18)8-15(19-14)17(21)22-4-2;1-2-3-4-10(18)8-21-14-7-12-9(5-11(14)16)6-13(17-12)15(19)20;1-3-19-12(17)10(15-16-14)7-8-4-5-11(18-2)9(13)6-8;1-3-17-12(15)10-5-7-4-8(13)11(16-2)6-9(7)14-10;1-2-16-11(15)9-4-6-3-7(12)10(14)5-8(6)13-9;1-11(2,3)15(4,5)14-8-6-7-10(13)9-12;1-11-8-3-2-6(5-10)4-7(8)9;1-2-9-4(8)3-6-7-5;2-1-3;;2-1(3)4;;;;/h7-9,19H,3-6,10H2,1-2H3;5-7,17H,2-4,8H2,1H3,(H,19,20);4-7H,3H2,1-2H3;4-6,14H,3H2,1-2H3;3-5,13-14H,2H2,1H3;6-9H2,1-5H3;2-5H,1H3;2-3H2,1H3;1H2;1H4;;;;1H2;1H/q;;;;;;;;;;;;+1;;/p-1/b;;10-7-;;;;;;;;;;;;/i;;;;;;;;;;;;;;1+1. The molecular weight excluding hydrogens is 2240 g/mol. The molecule has 0 amide bonds. The molecule has 0 saturated heterocycles. The number of hydrogen-bond acceptors (Lipinski definition) is 25. The van der Waals surface area contributed by atoms with Gasteiger partial charge in [0.1, 0.15) is 94.8 Å². The Bertz CT molecular complexity index is 5740. The first-order chi connectivity index (χ1) is 65.4. The number of fused-ring (bicyclic) bond motifs is 4. The number of aromatic hydroxyl groups is 1. The SMILES string of the molecule is BrB(Br)Br.C.CC(C)(C)[Si](C)(C)OCCCC(=O)CCl.CCCCC(=O)COc1cc2[nH]c(C(=O)O)cc2cc1Cl.CCCCC(=O)COc1cc2[nH]c(C(=O)OCC)cc2cc1Cl.CCOC(=O)/C(=C/c1ccc(OC)c(Cl)c1)N=[N+]=[N-].CCOC(=O)CN=[N+]=[N-].CCOC(=O)c1cc2cc(Cl)c(O)cc2[nH]1.CCOC(=O)c1cc2cc(Cl)c(OC)cc2[nH]1.COc1ccc(C=O)cc1Cl.ClCCl.[2HH].[B].[Li+].[OH-]. The maximum atomic E-state index is 11.7. The monoisotopic (exact) mass is 2350 g/mol. The van der Waals surface area contributed by atoms with E-state index in [4.69, 9.17) is 168 Å². The number of aromatic amines is 4. The molecule has 10 rings (SSSR count). The van der Waals surface area contributed by atoms with Crippen LogP contribution < -0.4 is 42.5 Å². The molecule has 773 valence electrons. The second-order valence-electron chi connectivity index (χ2n) is 29.0.